The molecule has 0 aliphatic rings. The number of rotatable bonds is 25. The van der Waals surface area contributed by atoms with Crippen LogP contribution in [0.3, 0.4) is 0 Å². The summed E-state index contributed by atoms with van der Waals surface area (Å²) in [5.74, 6) is 1.89. The van der Waals surface area contributed by atoms with E-state index in [0.717, 1.165) is 82.9 Å². The Bertz CT molecular complexity index is 2030. The van der Waals surface area contributed by atoms with E-state index < -0.39 is 0 Å². The van der Waals surface area contributed by atoms with Crippen LogP contribution in [0.1, 0.15) is 66.4 Å². The summed E-state index contributed by atoms with van der Waals surface area (Å²) in [6.45, 7) is 14.1. The zero-order chi connectivity index (χ0) is 41.1. The fourth-order valence-corrected chi connectivity index (χ4v) is 6.45. The van der Waals surface area contributed by atoms with Crippen LogP contribution in [0, 0.1) is 19.7 Å². The first kappa shape index (κ1) is 44.0. The maximum Gasteiger partial charge on any atom is 0.227 e. The lowest BCUT2D eigenvalue weighted by Crippen LogP contribution is -2.30. The Hall–Kier alpha value is -5.14. The number of amides is 1. The minimum Gasteiger partial charge on any atom is -0.494 e. The first-order valence-electron chi connectivity index (χ1n) is 20.2. The van der Waals surface area contributed by atoms with Crippen LogP contribution in [0.15, 0.2) is 83.3 Å². The average molecular weight is 796 g/mol. The SMILES string of the molecule is CCN(CC)C(=O)C/C(=C(/N)c1ccc(OCCCOCCOCCOCCNCc2ccc3cc(CCc4ccc(F)cc4)oc3c2)cc1)c1nc(C)cc(C)n1. The van der Waals surface area contributed by atoms with E-state index in [2.05, 4.69) is 39.6 Å². The van der Waals surface area contributed by atoms with Crippen molar-refractivity contribution in [3.05, 3.63) is 124 Å². The highest BCUT2D eigenvalue weighted by molar-refractivity contribution is 5.97. The Morgan fingerprint density at radius 3 is 2.12 bits per heavy atom. The molecule has 5 rings (SSSR count). The zero-order valence-corrected chi connectivity index (χ0v) is 34.4. The number of hydrogen-bond acceptors (Lipinski definition) is 10. The Morgan fingerprint density at radius 1 is 0.776 bits per heavy atom. The molecule has 0 aliphatic carbocycles. The van der Waals surface area contributed by atoms with Crippen LogP contribution in [0.25, 0.3) is 22.2 Å². The monoisotopic (exact) mass is 795 g/mol. The van der Waals surface area contributed by atoms with E-state index in [0.29, 0.717) is 76.4 Å². The topological polar surface area (TPSA) is 134 Å². The number of aryl methyl sites for hydroxylation is 4. The van der Waals surface area contributed by atoms with E-state index in [-0.39, 0.29) is 18.1 Å². The summed E-state index contributed by atoms with van der Waals surface area (Å²) in [5, 5.41) is 4.49. The van der Waals surface area contributed by atoms with Gasteiger partial charge in [-0.05, 0) is 105 Å². The number of furan rings is 1. The summed E-state index contributed by atoms with van der Waals surface area (Å²) < 4.78 is 42.2. The van der Waals surface area contributed by atoms with Crippen molar-refractivity contribution in [3.8, 4) is 5.75 Å². The molecule has 310 valence electrons. The summed E-state index contributed by atoms with van der Waals surface area (Å²) in [7, 11) is 0. The summed E-state index contributed by atoms with van der Waals surface area (Å²) in [5.41, 5.74) is 13.3. The zero-order valence-electron chi connectivity index (χ0n) is 34.4. The second-order valence-corrected chi connectivity index (χ2v) is 14.1. The lowest BCUT2D eigenvalue weighted by atomic mass is 10.0. The highest BCUT2D eigenvalue weighted by Gasteiger charge is 2.20. The van der Waals surface area contributed by atoms with Gasteiger partial charge < -0.3 is 39.3 Å². The first-order valence-corrected chi connectivity index (χ1v) is 20.2. The van der Waals surface area contributed by atoms with Gasteiger partial charge in [0.1, 0.15) is 22.9 Å². The van der Waals surface area contributed by atoms with Crippen molar-refractivity contribution in [1.29, 1.82) is 0 Å². The predicted molar refractivity (Wildman–Crippen MR) is 226 cm³/mol. The maximum absolute atomic E-state index is 13.2. The number of carbonyl (C=O) groups excluding carboxylic acids is 1. The lowest BCUT2D eigenvalue weighted by molar-refractivity contribution is -0.129. The third kappa shape index (κ3) is 14.1. The van der Waals surface area contributed by atoms with Gasteiger partial charge in [-0.3, -0.25) is 4.79 Å². The number of halogens is 1. The Balaban J connectivity index is 0.899. The molecule has 0 atom stereocenters. The Kier molecular flexibility index (Phi) is 17.7. The number of ether oxygens (including phenoxy) is 4. The Labute approximate surface area is 341 Å². The maximum atomic E-state index is 13.2. The van der Waals surface area contributed by atoms with Crippen molar-refractivity contribution in [1.82, 2.24) is 20.2 Å². The number of hydrogen-bond donors (Lipinski definition) is 2. The highest BCUT2D eigenvalue weighted by atomic mass is 19.1. The van der Waals surface area contributed by atoms with Gasteiger partial charge in [0.05, 0.1) is 46.1 Å². The van der Waals surface area contributed by atoms with Crippen molar-refractivity contribution >= 4 is 28.1 Å². The molecule has 0 fully saturated rings. The number of carbonyl (C=O) groups is 1. The molecule has 0 bridgehead atoms. The van der Waals surface area contributed by atoms with E-state index in [1.54, 1.807) is 4.90 Å². The summed E-state index contributed by atoms with van der Waals surface area (Å²) >= 11 is 0. The van der Waals surface area contributed by atoms with Crippen LogP contribution in [0.4, 0.5) is 4.39 Å². The van der Waals surface area contributed by atoms with Crippen LogP contribution in [-0.2, 0) is 38.4 Å². The van der Waals surface area contributed by atoms with Gasteiger partial charge in [0, 0.05) is 73.7 Å². The van der Waals surface area contributed by atoms with Crippen LogP contribution in [-0.4, -0.2) is 86.7 Å². The van der Waals surface area contributed by atoms with Crippen LogP contribution < -0.4 is 15.8 Å². The molecule has 12 heteroatoms. The van der Waals surface area contributed by atoms with Gasteiger partial charge in [-0.15, -0.1) is 0 Å². The van der Waals surface area contributed by atoms with E-state index >= 15 is 0 Å². The molecule has 11 nitrogen and oxygen atoms in total. The fraction of sp³-hybridized carbons (Fsp3) is 0.413. The van der Waals surface area contributed by atoms with Crippen molar-refractivity contribution in [2.45, 2.75) is 59.9 Å². The average Bonchev–Trinajstić information content (AvgIpc) is 3.63. The quantitative estimate of drug-likeness (QED) is 0.0574. The number of nitrogens with two attached hydrogens (primary N) is 1. The smallest absolute Gasteiger partial charge is 0.227 e. The molecule has 0 saturated carbocycles. The normalized spacial score (nSPS) is 11.9. The van der Waals surface area contributed by atoms with Crippen molar-refractivity contribution in [2.75, 3.05) is 65.9 Å². The Morgan fingerprint density at radius 2 is 1.43 bits per heavy atom. The number of nitrogens with zero attached hydrogens (tertiary/aromatic N) is 3. The number of fused-ring (bicyclic) bond motifs is 1. The third-order valence-corrected chi connectivity index (χ3v) is 9.59. The van der Waals surface area contributed by atoms with Gasteiger partial charge >= 0.3 is 0 Å². The fourth-order valence-electron chi connectivity index (χ4n) is 6.45. The van der Waals surface area contributed by atoms with Crippen molar-refractivity contribution in [3.63, 3.8) is 0 Å². The largest absolute Gasteiger partial charge is 0.494 e. The standard InChI is InChI=1S/C46H58FN5O6/c1-5-52(6-2)44(53)31-42(46-50-33(3)28-34(4)51-46)45(48)37-13-18-40(19-14-37)57-22-7-21-54-24-26-56-27-25-55-23-20-49-32-36-8-12-38-30-41(58-43(38)29-36)17-11-35-9-15-39(47)16-10-35/h8-10,12-16,18-19,28-30,49H,5-7,11,17,20-27,31-32,48H2,1-4H3/b45-42-. The molecule has 2 heterocycles. The van der Waals surface area contributed by atoms with E-state index in [9.17, 15) is 9.18 Å². The second kappa shape index (κ2) is 23.3. The number of aromatic nitrogens is 2. The molecule has 1 amide bonds. The number of nitrogens with one attached hydrogen (secondary N) is 1. The molecule has 0 radical (unpaired) electrons. The molecule has 0 aliphatic heterocycles. The van der Waals surface area contributed by atoms with Gasteiger partial charge in [0.15, 0.2) is 5.82 Å². The van der Waals surface area contributed by atoms with Gasteiger partial charge in [0.2, 0.25) is 5.91 Å². The van der Waals surface area contributed by atoms with E-state index in [1.807, 2.05) is 70.2 Å². The first-order chi connectivity index (χ1) is 28.2. The molecule has 58 heavy (non-hydrogen) atoms. The molecule has 3 aromatic carbocycles. The van der Waals surface area contributed by atoms with E-state index in [1.165, 1.54) is 12.1 Å². The summed E-state index contributed by atoms with van der Waals surface area (Å²) in [6.07, 6.45) is 2.42. The summed E-state index contributed by atoms with van der Waals surface area (Å²) in [6, 6.07) is 24.4. The van der Waals surface area contributed by atoms with Crippen LogP contribution in [0.5, 0.6) is 5.75 Å². The van der Waals surface area contributed by atoms with Gasteiger partial charge in [-0.25, -0.2) is 14.4 Å². The molecule has 2 aromatic heterocycles. The van der Waals surface area contributed by atoms with E-state index in [4.69, 9.17) is 29.1 Å². The lowest BCUT2D eigenvalue weighted by Gasteiger charge is -2.20. The predicted octanol–water partition coefficient (Wildman–Crippen LogP) is 7.46. The van der Waals surface area contributed by atoms with Gasteiger partial charge in [0.25, 0.3) is 0 Å². The molecular formula is C46H58FN5O6. The number of benzene rings is 3. The van der Waals surface area contributed by atoms with Crippen molar-refractivity contribution in [2.24, 2.45) is 5.73 Å². The van der Waals surface area contributed by atoms with Crippen LogP contribution in [0.2, 0.25) is 0 Å². The second-order valence-electron chi connectivity index (χ2n) is 14.1. The third-order valence-electron chi connectivity index (χ3n) is 9.59. The molecule has 3 N–H and O–H groups in total. The van der Waals surface area contributed by atoms with Gasteiger partial charge in [-0.2, -0.15) is 0 Å². The van der Waals surface area contributed by atoms with Gasteiger partial charge in [-0.1, -0.05) is 24.3 Å². The van der Waals surface area contributed by atoms with Crippen LogP contribution >= 0.6 is 0 Å². The molecule has 0 saturated heterocycles. The minimum absolute atomic E-state index is 0.0155. The van der Waals surface area contributed by atoms with Crippen molar-refractivity contribution < 1.29 is 32.5 Å². The molecule has 0 spiro atoms. The molecular weight excluding hydrogens is 738 g/mol. The molecule has 5 aromatic rings. The highest BCUT2D eigenvalue weighted by Crippen LogP contribution is 2.27. The summed E-state index contributed by atoms with van der Waals surface area (Å²) in [4.78, 5) is 24.1. The minimum atomic E-state index is -0.219. The molecule has 0 unspecified atom stereocenters.